The van der Waals surface area contributed by atoms with E-state index in [1.165, 1.54) is 0 Å². The summed E-state index contributed by atoms with van der Waals surface area (Å²) in [6.07, 6.45) is 0. The molecule has 0 aliphatic heterocycles. The fraction of sp³-hybridized carbons (Fsp3) is 0.143. The highest BCUT2D eigenvalue weighted by molar-refractivity contribution is 9.10. The second kappa shape index (κ2) is 6.16. The van der Waals surface area contributed by atoms with Gasteiger partial charge in [-0.05, 0) is 58.7 Å². The molecule has 0 aromatic heterocycles. The van der Waals surface area contributed by atoms with Crippen LogP contribution < -0.4 is 5.32 Å². The predicted octanol–water partition coefficient (Wildman–Crippen LogP) is 5.49. The number of phenols is 1. The van der Waals surface area contributed by atoms with Gasteiger partial charge in [0.1, 0.15) is 5.75 Å². The molecular weight excluding hydrogens is 393 g/mol. The Morgan fingerprint density at radius 3 is 2.68 bits per heavy atom. The average molecular weight is 406 g/mol. The molecule has 0 heterocycles. The molecule has 2 rings (SSSR count). The van der Waals surface area contributed by atoms with Crippen LogP contribution in [0.4, 0.5) is 5.69 Å². The molecule has 0 unspecified atom stereocenters. The molecule has 2 aromatic rings. The second-order valence-corrected chi connectivity index (χ2v) is 6.39. The molecule has 100 valence electrons. The maximum absolute atomic E-state index is 9.78. The van der Waals surface area contributed by atoms with Gasteiger partial charge < -0.3 is 10.4 Å². The highest BCUT2D eigenvalue weighted by Gasteiger charge is 2.06. The minimum atomic E-state index is 0.269. The molecule has 0 saturated heterocycles. The molecule has 2 N–H and O–H groups in total. The minimum Gasteiger partial charge on any atom is -0.508 e. The zero-order valence-corrected chi connectivity index (χ0v) is 14.1. The van der Waals surface area contributed by atoms with Crippen LogP contribution in [0.25, 0.3) is 0 Å². The van der Waals surface area contributed by atoms with E-state index in [4.69, 9.17) is 11.6 Å². The van der Waals surface area contributed by atoms with Gasteiger partial charge in [-0.1, -0.05) is 27.5 Å². The third-order valence-corrected chi connectivity index (χ3v) is 4.32. The van der Waals surface area contributed by atoms with Crippen LogP contribution in [0.3, 0.4) is 0 Å². The van der Waals surface area contributed by atoms with Gasteiger partial charge in [0.2, 0.25) is 0 Å². The molecule has 5 heteroatoms. The van der Waals surface area contributed by atoms with Gasteiger partial charge in [0.05, 0.1) is 5.69 Å². The molecule has 0 amide bonds. The monoisotopic (exact) mass is 403 g/mol. The number of halogens is 3. The Morgan fingerprint density at radius 1 is 1.21 bits per heavy atom. The predicted molar refractivity (Wildman–Crippen MR) is 87.0 cm³/mol. The van der Waals surface area contributed by atoms with Crippen molar-refractivity contribution in [2.45, 2.75) is 13.5 Å². The average Bonchev–Trinajstić information content (AvgIpc) is 2.36. The van der Waals surface area contributed by atoms with Crippen LogP contribution in [0, 0.1) is 6.92 Å². The number of hydrogen-bond donors (Lipinski definition) is 2. The molecule has 0 radical (unpaired) electrons. The summed E-state index contributed by atoms with van der Waals surface area (Å²) in [6, 6.07) is 9.18. The van der Waals surface area contributed by atoms with Gasteiger partial charge in [-0.25, -0.2) is 0 Å². The van der Waals surface area contributed by atoms with Crippen molar-refractivity contribution in [2.75, 3.05) is 5.32 Å². The Hall–Kier alpha value is -0.710. The Morgan fingerprint density at radius 2 is 1.95 bits per heavy atom. The molecule has 0 aliphatic rings. The number of aromatic hydroxyl groups is 1. The topological polar surface area (TPSA) is 32.3 Å². The van der Waals surface area contributed by atoms with Crippen molar-refractivity contribution in [1.82, 2.24) is 0 Å². The van der Waals surface area contributed by atoms with E-state index in [9.17, 15) is 5.11 Å². The van der Waals surface area contributed by atoms with Gasteiger partial charge in [-0.3, -0.25) is 0 Å². The molecule has 0 bridgehead atoms. The van der Waals surface area contributed by atoms with Crippen LogP contribution in [0.15, 0.2) is 39.3 Å². The summed E-state index contributed by atoms with van der Waals surface area (Å²) < 4.78 is 1.88. The molecule has 2 aromatic carbocycles. The molecule has 0 atom stereocenters. The van der Waals surface area contributed by atoms with Gasteiger partial charge in [0.25, 0.3) is 0 Å². The van der Waals surface area contributed by atoms with Crippen LogP contribution in [0.1, 0.15) is 11.1 Å². The summed E-state index contributed by atoms with van der Waals surface area (Å²) in [5.41, 5.74) is 2.73. The fourth-order valence-corrected chi connectivity index (χ4v) is 2.84. The Kier molecular flexibility index (Phi) is 4.76. The summed E-state index contributed by atoms with van der Waals surface area (Å²) >= 11 is 13.0. The van der Waals surface area contributed by atoms with Crippen LogP contribution in [0.5, 0.6) is 5.75 Å². The summed E-state index contributed by atoms with van der Waals surface area (Å²) in [5, 5.41) is 13.7. The molecule has 0 spiro atoms. The first kappa shape index (κ1) is 14.7. The van der Waals surface area contributed by atoms with Crippen molar-refractivity contribution in [2.24, 2.45) is 0 Å². The van der Waals surface area contributed by atoms with Crippen LogP contribution in [0.2, 0.25) is 5.02 Å². The fourth-order valence-electron chi connectivity index (χ4n) is 1.67. The van der Waals surface area contributed by atoms with Gasteiger partial charge in [0, 0.05) is 26.1 Å². The Balaban J connectivity index is 2.19. The maximum atomic E-state index is 9.78. The van der Waals surface area contributed by atoms with Crippen molar-refractivity contribution in [1.29, 1.82) is 0 Å². The highest BCUT2D eigenvalue weighted by atomic mass is 79.9. The van der Waals surface area contributed by atoms with Gasteiger partial charge >= 0.3 is 0 Å². The SMILES string of the molecule is Cc1cc(Br)c(NCc2cc(Br)ccc2O)cc1Cl. The number of nitrogens with one attached hydrogen (secondary N) is 1. The van der Waals surface area contributed by atoms with E-state index in [1.807, 2.05) is 25.1 Å². The van der Waals surface area contributed by atoms with Gasteiger partial charge in [-0.2, -0.15) is 0 Å². The molecule has 0 fully saturated rings. The molecule has 0 aliphatic carbocycles. The zero-order valence-electron chi connectivity index (χ0n) is 10.2. The molecule has 19 heavy (non-hydrogen) atoms. The Bertz CT molecular complexity index is 617. The number of rotatable bonds is 3. The molecular formula is C14H12Br2ClNO. The van der Waals surface area contributed by atoms with Crippen LogP contribution in [-0.4, -0.2) is 5.11 Å². The highest BCUT2D eigenvalue weighted by Crippen LogP contribution is 2.30. The molecule has 0 saturated carbocycles. The number of hydrogen-bond acceptors (Lipinski definition) is 2. The van der Waals surface area contributed by atoms with Crippen molar-refractivity contribution >= 4 is 49.1 Å². The lowest BCUT2D eigenvalue weighted by molar-refractivity contribution is 0.469. The third-order valence-electron chi connectivity index (χ3n) is 2.76. The van der Waals surface area contributed by atoms with Crippen molar-refractivity contribution in [3.05, 3.63) is 55.4 Å². The van der Waals surface area contributed by atoms with Crippen LogP contribution >= 0.6 is 43.5 Å². The van der Waals surface area contributed by atoms with E-state index < -0.39 is 0 Å². The van der Waals surface area contributed by atoms with Crippen molar-refractivity contribution < 1.29 is 5.11 Å². The maximum Gasteiger partial charge on any atom is 0.120 e. The normalized spacial score (nSPS) is 10.5. The zero-order chi connectivity index (χ0) is 14.0. The van der Waals surface area contributed by atoms with Crippen LogP contribution in [-0.2, 0) is 6.54 Å². The van der Waals surface area contributed by atoms with E-state index in [0.717, 1.165) is 25.8 Å². The first-order valence-electron chi connectivity index (χ1n) is 5.64. The number of aryl methyl sites for hydroxylation is 1. The second-order valence-electron chi connectivity index (χ2n) is 4.21. The number of phenolic OH excluding ortho intramolecular Hbond substituents is 1. The smallest absolute Gasteiger partial charge is 0.120 e. The Labute approximate surface area is 134 Å². The number of anilines is 1. The molecule has 2 nitrogen and oxygen atoms in total. The largest absolute Gasteiger partial charge is 0.508 e. The first-order valence-corrected chi connectivity index (χ1v) is 7.60. The van der Waals surface area contributed by atoms with Gasteiger partial charge in [-0.15, -0.1) is 0 Å². The van der Waals surface area contributed by atoms with E-state index in [2.05, 4.69) is 37.2 Å². The summed E-state index contributed by atoms with van der Waals surface area (Å²) in [6.45, 7) is 2.47. The lowest BCUT2D eigenvalue weighted by Gasteiger charge is -2.12. The lowest BCUT2D eigenvalue weighted by Crippen LogP contribution is -2.01. The van der Waals surface area contributed by atoms with E-state index >= 15 is 0 Å². The van der Waals surface area contributed by atoms with Gasteiger partial charge in [0.15, 0.2) is 0 Å². The van der Waals surface area contributed by atoms with E-state index in [1.54, 1.807) is 12.1 Å². The van der Waals surface area contributed by atoms with E-state index in [-0.39, 0.29) is 5.75 Å². The lowest BCUT2D eigenvalue weighted by atomic mass is 10.2. The summed E-state index contributed by atoms with van der Waals surface area (Å²) in [7, 11) is 0. The van der Waals surface area contributed by atoms with Crippen molar-refractivity contribution in [3.63, 3.8) is 0 Å². The summed E-state index contributed by atoms with van der Waals surface area (Å²) in [5.74, 6) is 0.269. The minimum absolute atomic E-state index is 0.269. The van der Waals surface area contributed by atoms with Crippen molar-refractivity contribution in [3.8, 4) is 5.75 Å². The number of benzene rings is 2. The first-order chi connectivity index (χ1) is 8.97. The quantitative estimate of drug-likeness (QED) is 0.708. The van der Waals surface area contributed by atoms with E-state index in [0.29, 0.717) is 11.6 Å². The summed E-state index contributed by atoms with van der Waals surface area (Å²) in [4.78, 5) is 0. The standard InChI is InChI=1S/C14H12Br2ClNO/c1-8-4-11(16)13(6-12(8)17)18-7-9-5-10(15)2-3-14(9)19/h2-6,18-19H,7H2,1H3. The third kappa shape index (κ3) is 3.65.